The standard InChI is InChI=1S/C21H18FN3O5/c1-30-20-14(11-26)8-17(21(29)25-24-10-18(27)28)16-7-13(9-23-19(16)20)6-12-2-4-15(22)5-3-12/h2-5,7-9,11,24H,6,10H2,1H3,(H,25,29)(H,27,28). The van der Waals surface area contributed by atoms with Crippen LogP contribution in [0.1, 0.15) is 31.8 Å². The Bertz CT molecular complexity index is 1120. The van der Waals surface area contributed by atoms with Crippen molar-refractivity contribution in [3.8, 4) is 5.75 Å². The summed E-state index contributed by atoms with van der Waals surface area (Å²) in [6, 6.07) is 9.11. The highest BCUT2D eigenvalue weighted by Crippen LogP contribution is 2.31. The van der Waals surface area contributed by atoms with Gasteiger partial charge in [0.15, 0.2) is 12.0 Å². The molecule has 3 N–H and O–H groups in total. The monoisotopic (exact) mass is 411 g/mol. The third-order valence-electron chi connectivity index (χ3n) is 4.35. The molecule has 0 saturated carbocycles. The lowest BCUT2D eigenvalue weighted by Crippen LogP contribution is -2.40. The fraction of sp³-hybridized carbons (Fsp3) is 0.143. The van der Waals surface area contributed by atoms with Gasteiger partial charge in [-0.25, -0.2) is 9.82 Å². The van der Waals surface area contributed by atoms with Gasteiger partial charge in [0, 0.05) is 11.6 Å². The Morgan fingerprint density at radius 1 is 1.20 bits per heavy atom. The predicted octanol–water partition coefficient (Wildman–Crippen LogP) is 2.10. The fourth-order valence-electron chi connectivity index (χ4n) is 3.02. The maximum atomic E-state index is 13.1. The second kappa shape index (κ2) is 9.10. The van der Waals surface area contributed by atoms with Crippen molar-refractivity contribution in [2.75, 3.05) is 13.7 Å². The van der Waals surface area contributed by atoms with E-state index in [2.05, 4.69) is 15.8 Å². The van der Waals surface area contributed by atoms with E-state index >= 15 is 0 Å². The summed E-state index contributed by atoms with van der Waals surface area (Å²) in [5.74, 6) is -1.89. The number of aromatic nitrogens is 1. The Morgan fingerprint density at radius 2 is 1.93 bits per heavy atom. The van der Waals surface area contributed by atoms with Gasteiger partial charge in [-0.2, -0.15) is 0 Å². The number of benzene rings is 2. The van der Waals surface area contributed by atoms with Crippen LogP contribution in [0, 0.1) is 5.82 Å². The molecule has 3 rings (SSSR count). The van der Waals surface area contributed by atoms with Gasteiger partial charge in [-0.3, -0.25) is 24.8 Å². The molecule has 0 bridgehead atoms. The van der Waals surface area contributed by atoms with E-state index in [9.17, 15) is 18.8 Å². The van der Waals surface area contributed by atoms with Crippen LogP contribution < -0.4 is 15.6 Å². The molecule has 1 heterocycles. The summed E-state index contributed by atoms with van der Waals surface area (Å²) in [7, 11) is 1.39. The molecule has 8 nitrogen and oxygen atoms in total. The average molecular weight is 411 g/mol. The predicted molar refractivity (Wildman–Crippen MR) is 106 cm³/mol. The van der Waals surface area contributed by atoms with Crippen LogP contribution in [0.15, 0.2) is 42.6 Å². The first-order valence-corrected chi connectivity index (χ1v) is 8.87. The number of nitrogens with one attached hydrogen (secondary N) is 2. The number of hydrazine groups is 1. The zero-order valence-electron chi connectivity index (χ0n) is 15.9. The van der Waals surface area contributed by atoms with E-state index in [1.807, 2.05) is 0 Å². The van der Waals surface area contributed by atoms with Crippen molar-refractivity contribution in [1.82, 2.24) is 15.8 Å². The zero-order chi connectivity index (χ0) is 21.7. The number of nitrogens with zero attached hydrogens (tertiary/aromatic N) is 1. The van der Waals surface area contributed by atoms with Gasteiger partial charge in [0.05, 0.1) is 18.2 Å². The van der Waals surface area contributed by atoms with E-state index in [1.54, 1.807) is 24.4 Å². The van der Waals surface area contributed by atoms with Crippen molar-refractivity contribution >= 4 is 29.1 Å². The molecule has 0 radical (unpaired) electrons. The van der Waals surface area contributed by atoms with Crippen molar-refractivity contribution in [2.24, 2.45) is 0 Å². The number of amides is 1. The van der Waals surface area contributed by atoms with Crippen LogP contribution in [0.3, 0.4) is 0 Å². The van der Waals surface area contributed by atoms with Gasteiger partial charge < -0.3 is 9.84 Å². The number of aliphatic carboxylic acids is 1. The molecule has 0 atom stereocenters. The van der Waals surface area contributed by atoms with Crippen LogP contribution in [0.5, 0.6) is 5.75 Å². The van der Waals surface area contributed by atoms with Gasteiger partial charge in [-0.05, 0) is 41.8 Å². The Balaban J connectivity index is 2.05. The maximum absolute atomic E-state index is 13.1. The number of carboxylic acid groups (broad SMARTS) is 1. The lowest BCUT2D eigenvalue weighted by atomic mass is 9.99. The second-order valence-corrected chi connectivity index (χ2v) is 6.41. The molecule has 0 aliphatic heterocycles. The smallest absolute Gasteiger partial charge is 0.319 e. The summed E-state index contributed by atoms with van der Waals surface area (Å²) < 4.78 is 18.4. The fourth-order valence-corrected chi connectivity index (χ4v) is 3.02. The largest absolute Gasteiger partial charge is 0.494 e. The highest BCUT2D eigenvalue weighted by Gasteiger charge is 2.19. The summed E-state index contributed by atoms with van der Waals surface area (Å²) >= 11 is 0. The van der Waals surface area contributed by atoms with Crippen LogP contribution in [0.2, 0.25) is 0 Å². The first-order valence-electron chi connectivity index (χ1n) is 8.87. The van der Waals surface area contributed by atoms with Crippen molar-refractivity contribution in [3.63, 3.8) is 0 Å². The Labute approximate surface area is 170 Å². The third-order valence-corrected chi connectivity index (χ3v) is 4.35. The molecule has 1 aromatic heterocycles. The summed E-state index contributed by atoms with van der Waals surface area (Å²) in [5.41, 5.74) is 6.76. The molecule has 0 fully saturated rings. The topological polar surface area (TPSA) is 118 Å². The van der Waals surface area contributed by atoms with Crippen LogP contribution in [-0.4, -0.2) is 41.9 Å². The highest BCUT2D eigenvalue weighted by atomic mass is 19.1. The lowest BCUT2D eigenvalue weighted by molar-refractivity contribution is -0.136. The number of carboxylic acids is 1. The minimum Gasteiger partial charge on any atom is -0.494 e. The molecular formula is C21H18FN3O5. The summed E-state index contributed by atoms with van der Waals surface area (Å²) in [6.07, 6.45) is 2.58. The van der Waals surface area contributed by atoms with Crippen LogP contribution in [0.4, 0.5) is 4.39 Å². The molecule has 0 aliphatic carbocycles. The van der Waals surface area contributed by atoms with E-state index in [4.69, 9.17) is 9.84 Å². The molecule has 0 aliphatic rings. The SMILES string of the molecule is COc1c(C=O)cc(C(=O)NNCC(=O)O)c2cc(Cc3ccc(F)cc3)cnc12. The number of pyridine rings is 1. The number of hydrogen-bond donors (Lipinski definition) is 3. The van der Waals surface area contributed by atoms with Crippen molar-refractivity contribution < 1.29 is 28.6 Å². The van der Waals surface area contributed by atoms with Crippen molar-refractivity contribution in [3.05, 3.63) is 70.7 Å². The van der Waals surface area contributed by atoms with Gasteiger partial charge in [0.2, 0.25) is 0 Å². The summed E-state index contributed by atoms with van der Waals surface area (Å²) in [6.45, 7) is -0.478. The van der Waals surface area contributed by atoms with E-state index in [0.717, 1.165) is 11.1 Å². The van der Waals surface area contributed by atoms with Crippen molar-refractivity contribution in [2.45, 2.75) is 6.42 Å². The second-order valence-electron chi connectivity index (χ2n) is 6.41. The quantitative estimate of drug-likeness (QED) is 0.384. The molecule has 0 spiro atoms. The number of fused-ring (bicyclic) bond motifs is 1. The zero-order valence-corrected chi connectivity index (χ0v) is 15.9. The minimum absolute atomic E-state index is 0.124. The number of carbonyl (C=O) groups excluding carboxylic acids is 2. The van der Waals surface area contributed by atoms with Crippen LogP contribution in [0.25, 0.3) is 10.9 Å². The van der Waals surface area contributed by atoms with Gasteiger partial charge in [-0.1, -0.05) is 12.1 Å². The number of halogens is 1. The highest BCUT2D eigenvalue weighted by molar-refractivity contribution is 6.10. The lowest BCUT2D eigenvalue weighted by Gasteiger charge is -2.14. The molecule has 30 heavy (non-hydrogen) atoms. The van der Waals surface area contributed by atoms with Gasteiger partial charge in [-0.15, -0.1) is 0 Å². The number of aldehydes is 1. The molecule has 9 heteroatoms. The summed E-state index contributed by atoms with van der Waals surface area (Å²) in [4.78, 5) is 39.1. The van der Waals surface area contributed by atoms with E-state index < -0.39 is 18.4 Å². The number of rotatable bonds is 8. The number of ether oxygens (including phenoxy) is 1. The molecule has 3 aromatic rings. The molecule has 2 aromatic carbocycles. The van der Waals surface area contributed by atoms with Gasteiger partial charge in [0.1, 0.15) is 17.9 Å². The first kappa shape index (κ1) is 20.9. The Kier molecular flexibility index (Phi) is 6.33. The molecule has 0 saturated heterocycles. The first-order chi connectivity index (χ1) is 14.4. The van der Waals surface area contributed by atoms with Gasteiger partial charge in [0.25, 0.3) is 5.91 Å². The van der Waals surface area contributed by atoms with E-state index in [0.29, 0.717) is 23.6 Å². The maximum Gasteiger partial charge on any atom is 0.319 e. The average Bonchev–Trinajstić information content (AvgIpc) is 2.73. The molecular weight excluding hydrogens is 393 g/mol. The summed E-state index contributed by atoms with van der Waals surface area (Å²) in [5, 5.41) is 9.13. The molecule has 154 valence electrons. The minimum atomic E-state index is -1.15. The van der Waals surface area contributed by atoms with Crippen molar-refractivity contribution in [1.29, 1.82) is 0 Å². The third kappa shape index (κ3) is 4.58. The number of carbonyl (C=O) groups is 3. The molecule has 1 amide bonds. The molecule has 0 unspecified atom stereocenters. The van der Waals surface area contributed by atoms with E-state index in [1.165, 1.54) is 25.3 Å². The number of methoxy groups -OCH3 is 1. The van der Waals surface area contributed by atoms with Crippen LogP contribution in [-0.2, 0) is 11.2 Å². The normalized spacial score (nSPS) is 10.6. The Morgan fingerprint density at radius 3 is 2.57 bits per heavy atom. The van der Waals surface area contributed by atoms with Crippen LogP contribution >= 0.6 is 0 Å². The number of hydrogen-bond acceptors (Lipinski definition) is 6. The van der Waals surface area contributed by atoms with Gasteiger partial charge >= 0.3 is 5.97 Å². The van der Waals surface area contributed by atoms with E-state index in [-0.39, 0.29) is 22.7 Å². The Hall–Kier alpha value is -3.85.